The normalized spacial score (nSPS) is 12.3. The van der Waals surface area contributed by atoms with Gasteiger partial charge in [-0.3, -0.25) is 0 Å². The predicted molar refractivity (Wildman–Crippen MR) is 196 cm³/mol. The molecule has 7 aromatic rings. The molecule has 0 amide bonds. The van der Waals surface area contributed by atoms with Gasteiger partial charge in [0, 0.05) is 43.9 Å². The highest BCUT2D eigenvalue weighted by Gasteiger charge is 2.22. The molecule has 7 rings (SSSR count). The molecule has 1 heterocycles. The Morgan fingerprint density at radius 3 is 2.00 bits per heavy atom. The predicted octanol–water partition coefficient (Wildman–Crippen LogP) is 12.9. The number of aromatic nitrogens is 1. The van der Waals surface area contributed by atoms with Crippen molar-refractivity contribution in [3.8, 4) is 11.1 Å². The van der Waals surface area contributed by atoms with Crippen LogP contribution in [0.2, 0.25) is 5.02 Å². The van der Waals surface area contributed by atoms with Crippen LogP contribution in [-0.4, -0.2) is 4.98 Å². The van der Waals surface area contributed by atoms with E-state index in [0.717, 1.165) is 28.1 Å². The topological polar surface area (TPSA) is 19.0 Å². The maximum absolute atomic E-state index is 6.59. The second-order valence-electron chi connectivity index (χ2n) is 14.2. The van der Waals surface area contributed by atoms with Gasteiger partial charge in [0.1, 0.15) is 0 Å². The van der Waals surface area contributed by atoms with Gasteiger partial charge in [0.25, 0.3) is 0 Å². The molecule has 2 nitrogen and oxygen atoms in total. The monoisotopic (exact) mass is 606 g/mol. The molecule has 6 aromatic carbocycles. The fraction of sp³-hybridized carbons (Fsp3) is 0.190. The first-order valence-electron chi connectivity index (χ1n) is 15.7. The van der Waals surface area contributed by atoms with Gasteiger partial charge in [0.15, 0.2) is 0 Å². The van der Waals surface area contributed by atoms with Crippen LogP contribution in [0.1, 0.15) is 52.7 Å². The SMILES string of the molecule is CC(C)(C)c1ccc(N(c2cccc(Cl)c2)c2cc(-c3cccc4c3[nH]c3ccc5ccccc5c34)cc(C(C)(C)C)c2)cc1. The van der Waals surface area contributed by atoms with Crippen LogP contribution in [0.5, 0.6) is 0 Å². The lowest BCUT2D eigenvalue weighted by molar-refractivity contribution is 0.590. The zero-order valence-corrected chi connectivity index (χ0v) is 27.6. The summed E-state index contributed by atoms with van der Waals surface area (Å²) < 4.78 is 0. The number of H-pyrrole nitrogens is 1. The van der Waals surface area contributed by atoms with Crippen LogP contribution in [0, 0.1) is 0 Å². The number of anilines is 3. The summed E-state index contributed by atoms with van der Waals surface area (Å²) in [5.41, 5.74) is 10.5. The minimum Gasteiger partial charge on any atom is -0.354 e. The van der Waals surface area contributed by atoms with Crippen molar-refractivity contribution in [1.82, 2.24) is 4.98 Å². The molecule has 0 radical (unpaired) electrons. The number of nitrogens with zero attached hydrogens (tertiary/aromatic N) is 1. The number of nitrogens with one attached hydrogen (secondary N) is 1. The van der Waals surface area contributed by atoms with Crippen molar-refractivity contribution in [3.63, 3.8) is 0 Å². The highest BCUT2D eigenvalue weighted by Crippen LogP contribution is 2.43. The summed E-state index contributed by atoms with van der Waals surface area (Å²) in [5.74, 6) is 0. The quantitative estimate of drug-likeness (QED) is 0.211. The van der Waals surface area contributed by atoms with Gasteiger partial charge in [-0.05, 0) is 86.8 Å². The van der Waals surface area contributed by atoms with Crippen LogP contribution in [0.15, 0.2) is 121 Å². The van der Waals surface area contributed by atoms with Crippen molar-refractivity contribution in [2.75, 3.05) is 4.90 Å². The standard InChI is InChI=1S/C42H39ClN2/c1-41(2,3)29-18-20-32(21-19-29)45(33-13-9-12-31(43)26-33)34-24-28(23-30(25-34)42(4,5)6)36-15-10-16-37-39-35-14-8-7-11-27(35)17-22-38(39)44-40(36)37/h7-26,44H,1-6H3. The molecule has 0 aliphatic carbocycles. The van der Waals surface area contributed by atoms with Crippen LogP contribution in [0.4, 0.5) is 17.1 Å². The van der Waals surface area contributed by atoms with Crippen molar-refractivity contribution in [3.05, 3.63) is 137 Å². The second kappa shape index (κ2) is 10.8. The Hall–Kier alpha value is -4.53. The van der Waals surface area contributed by atoms with Gasteiger partial charge in [-0.2, -0.15) is 0 Å². The molecule has 0 fully saturated rings. The number of aromatic amines is 1. The number of halogens is 1. The molecule has 45 heavy (non-hydrogen) atoms. The second-order valence-corrected chi connectivity index (χ2v) is 14.6. The van der Waals surface area contributed by atoms with Crippen LogP contribution in [0.25, 0.3) is 43.7 Å². The summed E-state index contributed by atoms with van der Waals surface area (Å²) in [5, 5.41) is 5.76. The van der Waals surface area contributed by atoms with Gasteiger partial charge in [-0.1, -0.05) is 126 Å². The van der Waals surface area contributed by atoms with E-state index in [9.17, 15) is 0 Å². The van der Waals surface area contributed by atoms with E-state index in [2.05, 4.69) is 155 Å². The van der Waals surface area contributed by atoms with Gasteiger partial charge in [0.05, 0.1) is 5.52 Å². The minimum atomic E-state index is -0.0641. The molecule has 0 bridgehead atoms. The summed E-state index contributed by atoms with van der Waals surface area (Å²) >= 11 is 6.59. The molecule has 0 aliphatic heterocycles. The maximum atomic E-state index is 6.59. The number of para-hydroxylation sites is 1. The van der Waals surface area contributed by atoms with Crippen molar-refractivity contribution in [2.24, 2.45) is 0 Å². The van der Waals surface area contributed by atoms with Gasteiger partial charge >= 0.3 is 0 Å². The highest BCUT2D eigenvalue weighted by molar-refractivity contribution is 6.31. The van der Waals surface area contributed by atoms with Crippen molar-refractivity contribution < 1.29 is 0 Å². The molecule has 224 valence electrons. The van der Waals surface area contributed by atoms with E-state index in [1.807, 2.05) is 18.2 Å². The molecule has 1 aromatic heterocycles. The number of hydrogen-bond acceptors (Lipinski definition) is 1. The lowest BCUT2D eigenvalue weighted by Gasteiger charge is -2.30. The Morgan fingerprint density at radius 2 is 1.27 bits per heavy atom. The molecule has 0 aliphatic rings. The highest BCUT2D eigenvalue weighted by atomic mass is 35.5. The van der Waals surface area contributed by atoms with Crippen LogP contribution >= 0.6 is 11.6 Å². The molecule has 1 N–H and O–H groups in total. The van der Waals surface area contributed by atoms with Crippen molar-refractivity contribution >= 4 is 61.2 Å². The van der Waals surface area contributed by atoms with Crippen LogP contribution < -0.4 is 4.90 Å². The first-order valence-corrected chi connectivity index (χ1v) is 16.1. The molecule has 0 saturated carbocycles. The van der Waals surface area contributed by atoms with E-state index >= 15 is 0 Å². The van der Waals surface area contributed by atoms with Crippen LogP contribution in [0.3, 0.4) is 0 Å². The molecular formula is C42H39ClN2. The fourth-order valence-electron chi connectivity index (χ4n) is 6.44. The van der Waals surface area contributed by atoms with Crippen molar-refractivity contribution in [2.45, 2.75) is 52.4 Å². The Bertz CT molecular complexity index is 2190. The largest absolute Gasteiger partial charge is 0.354 e. The Labute approximate surface area is 271 Å². The molecular weight excluding hydrogens is 568 g/mol. The van der Waals surface area contributed by atoms with Gasteiger partial charge in [0.2, 0.25) is 0 Å². The Morgan fingerprint density at radius 1 is 0.556 bits per heavy atom. The molecule has 0 atom stereocenters. The van der Waals surface area contributed by atoms with E-state index in [0.29, 0.717) is 5.02 Å². The maximum Gasteiger partial charge on any atom is 0.0544 e. The summed E-state index contributed by atoms with van der Waals surface area (Å²) in [6.45, 7) is 13.6. The van der Waals surface area contributed by atoms with Gasteiger partial charge in [-0.25, -0.2) is 0 Å². The van der Waals surface area contributed by atoms with Crippen LogP contribution in [-0.2, 0) is 10.8 Å². The van der Waals surface area contributed by atoms with E-state index in [4.69, 9.17) is 11.6 Å². The van der Waals surface area contributed by atoms with Crippen molar-refractivity contribution in [1.29, 1.82) is 0 Å². The average Bonchev–Trinajstić information content (AvgIpc) is 3.40. The Balaban J connectivity index is 1.48. The Kier molecular flexibility index (Phi) is 7.02. The molecule has 0 saturated heterocycles. The minimum absolute atomic E-state index is 0.0641. The molecule has 0 spiro atoms. The third-order valence-electron chi connectivity index (χ3n) is 8.93. The fourth-order valence-corrected chi connectivity index (χ4v) is 6.62. The van der Waals surface area contributed by atoms with E-state index in [1.54, 1.807) is 0 Å². The zero-order chi connectivity index (χ0) is 31.5. The third-order valence-corrected chi connectivity index (χ3v) is 9.17. The van der Waals surface area contributed by atoms with E-state index in [-0.39, 0.29) is 10.8 Å². The summed E-state index contributed by atoms with van der Waals surface area (Å²) in [4.78, 5) is 6.13. The lowest BCUT2D eigenvalue weighted by Crippen LogP contribution is -2.15. The number of hydrogen-bond donors (Lipinski definition) is 1. The molecule has 3 heteroatoms. The first kappa shape index (κ1) is 29.2. The number of rotatable bonds is 4. The van der Waals surface area contributed by atoms with Gasteiger partial charge < -0.3 is 9.88 Å². The summed E-state index contributed by atoms with van der Waals surface area (Å²) in [6, 6.07) is 43.9. The first-order chi connectivity index (χ1) is 21.5. The number of benzene rings is 6. The van der Waals surface area contributed by atoms with E-state index < -0.39 is 0 Å². The summed E-state index contributed by atoms with van der Waals surface area (Å²) in [6.07, 6.45) is 0. The number of fused-ring (bicyclic) bond motifs is 5. The molecule has 0 unspecified atom stereocenters. The zero-order valence-electron chi connectivity index (χ0n) is 26.9. The lowest BCUT2D eigenvalue weighted by atomic mass is 9.84. The average molecular weight is 607 g/mol. The third kappa shape index (κ3) is 5.38. The summed E-state index contributed by atoms with van der Waals surface area (Å²) in [7, 11) is 0. The van der Waals surface area contributed by atoms with Gasteiger partial charge in [-0.15, -0.1) is 0 Å². The smallest absolute Gasteiger partial charge is 0.0544 e. The van der Waals surface area contributed by atoms with E-state index in [1.165, 1.54) is 43.8 Å².